The molecule has 1 fully saturated rings. The van der Waals surface area contributed by atoms with Crippen molar-refractivity contribution in [1.82, 2.24) is 25.1 Å². The van der Waals surface area contributed by atoms with Crippen LogP contribution in [-0.4, -0.2) is 58.2 Å². The summed E-state index contributed by atoms with van der Waals surface area (Å²) in [5, 5.41) is 9.32. The number of thioether (sulfide) groups is 1. The number of hydrogen-bond donors (Lipinski definition) is 1. The van der Waals surface area contributed by atoms with Crippen molar-refractivity contribution in [3.8, 4) is 5.75 Å². The van der Waals surface area contributed by atoms with Crippen molar-refractivity contribution in [3.63, 3.8) is 0 Å². The summed E-state index contributed by atoms with van der Waals surface area (Å²) < 4.78 is 7.02. The summed E-state index contributed by atoms with van der Waals surface area (Å²) >= 11 is 1.68. The zero-order valence-electron chi connectivity index (χ0n) is 18.7. The van der Waals surface area contributed by atoms with Crippen molar-refractivity contribution in [2.24, 2.45) is 0 Å². The fourth-order valence-corrected chi connectivity index (χ4v) is 4.50. The van der Waals surface area contributed by atoms with Crippen LogP contribution in [-0.2, 0) is 6.54 Å². The number of carbonyl (C=O) groups is 1. The number of benzene rings is 1. The van der Waals surface area contributed by atoms with Crippen LogP contribution < -0.4 is 15.0 Å². The van der Waals surface area contributed by atoms with E-state index in [0.717, 1.165) is 53.0 Å². The molecule has 3 heterocycles. The summed E-state index contributed by atoms with van der Waals surface area (Å²) in [6.45, 7) is 5.20. The smallest absolute Gasteiger partial charge is 0.251 e. The number of nitrogens with zero attached hydrogens (tertiary/aromatic N) is 5. The van der Waals surface area contributed by atoms with E-state index in [-0.39, 0.29) is 5.91 Å². The lowest BCUT2D eigenvalue weighted by molar-refractivity contribution is 0.0952. The van der Waals surface area contributed by atoms with Crippen molar-refractivity contribution < 1.29 is 9.53 Å². The molecule has 0 aliphatic carbocycles. The van der Waals surface area contributed by atoms with Crippen LogP contribution in [0.25, 0.3) is 11.0 Å². The highest BCUT2D eigenvalue weighted by Gasteiger charge is 2.20. The van der Waals surface area contributed by atoms with Crippen LogP contribution in [0.5, 0.6) is 5.75 Å². The second-order valence-corrected chi connectivity index (χ2v) is 8.88. The Hall–Kier alpha value is -2.81. The highest BCUT2D eigenvalue weighted by atomic mass is 32.2. The van der Waals surface area contributed by atoms with Crippen LogP contribution in [0.3, 0.4) is 0 Å². The largest absolute Gasteiger partial charge is 0.497 e. The van der Waals surface area contributed by atoms with E-state index in [1.807, 2.05) is 10.9 Å². The van der Waals surface area contributed by atoms with E-state index in [0.29, 0.717) is 18.7 Å². The summed E-state index contributed by atoms with van der Waals surface area (Å²) in [6, 6.07) is 7.08. The molecule has 2 aromatic heterocycles. The van der Waals surface area contributed by atoms with Crippen molar-refractivity contribution in [3.05, 3.63) is 36.0 Å². The Balaban J connectivity index is 1.49. The zero-order valence-corrected chi connectivity index (χ0v) is 19.5. The number of aromatic nitrogens is 4. The number of fused-ring (bicyclic) bond motifs is 1. The Kier molecular flexibility index (Phi) is 7.47. The number of piperidine rings is 1. The van der Waals surface area contributed by atoms with E-state index in [9.17, 15) is 4.79 Å². The number of amides is 1. The molecule has 1 aliphatic rings. The molecule has 8 nitrogen and oxygen atoms in total. The summed E-state index contributed by atoms with van der Waals surface area (Å²) in [5.41, 5.74) is 1.43. The van der Waals surface area contributed by atoms with Crippen molar-refractivity contribution in [2.75, 3.05) is 37.4 Å². The van der Waals surface area contributed by atoms with Gasteiger partial charge in [0, 0.05) is 31.0 Å². The van der Waals surface area contributed by atoms with Gasteiger partial charge in [-0.1, -0.05) is 18.7 Å². The first-order chi connectivity index (χ1) is 15.7. The standard InChI is InChI=1S/C23H30N6O2S/c1-3-15-32-23-26-20(28-12-5-4-6-13-28)19-16-25-29(21(19)27-23)14-11-24-22(30)17-7-9-18(31-2)10-8-17/h7-10,16H,3-6,11-15H2,1-2H3,(H,24,30). The van der Waals surface area contributed by atoms with Gasteiger partial charge >= 0.3 is 0 Å². The number of methoxy groups -OCH3 is 1. The number of rotatable bonds is 9. The number of hydrogen-bond acceptors (Lipinski definition) is 7. The lowest BCUT2D eigenvalue weighted by atomic mass is 10.1. The van der Waals surface area contributed by atoms with Gasteiger partial charge in [-0.25, -0.2) is 14.6 Å². The molecule has 32 heavy (non-hydrogen) atoms. The van der Waals surface area contributed by atoms with E-state index < -0.39 is 0 Å². The summed E-state index contributed by atoms with van der Waals surface area (Å²) in [4.78, 5) is 24.5. The first-order valence-electron chi connectivity index (χ1n) is 11.2. The van der Waals surface area contributed by atoms with Crippen LogP contribution in [0.4, 0.5) is 5.82 Å². The minimum Gasteiger partial charge on any atom is -0.497 e. The van der Waals surface area contributed by atoms with Gasteiger partial charge in [-0.15, -0.1) is 0 Å². The quantitative estimate of drug-likeness (QED) is 0.389. The predicted octanol–water partition coefficient (Wildman–Crippen LogP) is 3.76. The normalized spacial score (nSPS) is 14.0. The molecule has 1 aliphatic heterocycles. The fourth-order valence-electron chi connectivity index (χ4n) is 3.81. The van der Waals surface area contributed by atoms with Gasteiger partial charge in [-0.05, 0) is 49.9 Å². The molecule has 0 bridgehead atoms. The van der Waals surface area contributed by atoms with Crippen LogP contribution in [0.15, 0.2) is 35.6 Å². The third-order valence-corrected chi connectivity index (χ3v) is 6.56. The molecule has 1 saturated heterocycles. The monoisotopic (exact) mass is 454 g/mol. The number of anilines is 1. The number of carbonyl (C=O) groups excluding carboxylic acids is 1. The Labute approximate surface area is 192 Å². The minimum absolute atomic E-state index is 0.119. The van der Waals surface area contributed by atoms with Gasteiger partial charge in [-0.3, -0.25) is 4.79 Å². The Morgan fingerprint density at radius 2 is 1.94 bits per heavy atom. The van der Waals surface area contributed by atoms with Crippen LogP contribution in [0, 0.1) is 0 Å². The lowest BCUT2D eigenvalue weighted by Crippen LogP contribution is -2.30. The molecule has 170 valence electrons. The van der Waals surface area contributed by atoms with Crippen molar-refractivity contribution >= 4 is 34.5 Å². The van der Waals surface area contributed by atoms with Gasteiger partial charge in [0.15, 0.2) is 10.8 Å². The van der Waals surface area contributed by atoms with E-state index >= 15 is 0 Å². The Bertz CT molecular complexity index is 1050. The topological polar surface area (TPSA) is 85.2 Å². The second-order valence-electron chi connectivity index (χ2n) is 7.82. The predicted molar refractivity (Wildman–Crippen MR) is 128 cm³/mol. The van der Waals surface area contributed by atoms with Gasteiger partial charge in [0.25, 0.3) is 5.91 Å². The van der Waals surface area contributed by atoms with Gasteiger partial charge in [0.1, 0.15) is 11.6 Å². The SMILES string of the molecule is CCCSc1nc(N2CCCCC2)c2cnn(CCNC(=O)c3ccc(OC)cc3)c2n1. The maximum atomic E-state index is 12.5. The van der Waals surface area contributed by atoms with Gasteiger partial charge < -0.3 is 15.0 Å². The molecular formula is C23H30N6O2S. The molecule has 1 N–H and O–H groups in total. The van der Waals surface area contributed by atoms with Crippen molar-refractivity contribution in [2.45, 2.75) is 44.3 Å². The van der Waals surface area contributed by atoms with E-state index in [4.69, 9.17) is 14.7 Å². The van der Waals surface area contributed by atoms with E-state index in [1.165, 1.54) is 19.3 Å². The molecule has 0 radical (unpaired) electrons. The molecule has 0 spiro atoms. The minimum atomic E-state index is -0.119. The van der Waals surface area contributed by atoms with Gasteiger partial charge in [0.05, 0.1) is 25.2 Å². The van der Waals surface area contributed by atoms with Crippen LogP contribution >= 0.6 is 11.8 Å². The average molecular weight is 455 g/mol. The van der Waals surface area contributed by atoms with Gasteiger partial charge in [0.2, 0.25) is 0 Å². The third kappa shape index (κ3) is 5.15. The Morgan fingerprint density at radius 3 is 2.66 bits per heavy atom. The second kappa shape index (κ2) is 10.7. The van der Waals surface area contributed by atoms with E-state index in [2.05, 4.69) is 22.2 Å². The zero-order chi connectivity index (χ0) is 22.3. The Morgan fingerprint density at radius 1 is 1.16 bits per heavy atom. The third-order valence-electron chi connectivity index (χ3n) is 5.51. The molecule has 4 rings (SSSR count). The van der Waals surface area contributed by atoms with E-state index in [1.54, 1.807) is 43.1 Å². The molecule has 3 aromatic rings. The highest BCUT2D eigenvalue weighted by molar-refractivity contribution is 7.99. The average Bonchev–Trinajstić information content (AvgIpc) is 3.25. The first-order valence-corrected chi connectivity index (χ1v) is 12.2. The molecule has 0 atom stereocenters. The lowest BCUT2D eigenvalue weighted by Gasteiger charge is -2.28. The van der Waals surface area contributed by atoms with Crippen LogP contribution in [0.2, 0.25) is 0 Å². The maximum absolute atomic E-state index is 12.5. The fraction of sp³-hybridized carbons (Fsp3) is 0.478. The highest BCUT2D eigenvalue weighted by Crippen LogP contribution is 2.29. The summed E-state index contributed by atoms with van der Waals surface area (Å²) in [6.07, 6.45) is 6.58. The molecule has 9 heteroatoms. The molecule has 1 aromatic carbocycles. The first kappa shape index (κ1) is 22.4. The molecule has 0 saturated carbocycles. The van der Waals surface area contributed by atoms with Crippen LogP contribution in [0.1, 0.15) is 43.0 Å². The number of ether oxygens (including phenoxy) is 1. The maximum Gasteiger partial charge on any atom is 0.251 e. The number of nitrogens with one attached hydrogen (secondary N) is 1. The van der Waals surface area contributed by atoms with Crippen molar-refractivity contribution in [1.29, 1.82) is 0 Å². The molecular weight excluding hydrogens is 424 g/mol. The molecule has 1 amide bonds. The summed E-state index contributed by atoms with van der Waals surface area (Å²) in [5.74, 6) is 2.58. The molecule has 0 unspecified atom stereocenters. The van der Waals surface area contributed by atoms with Gasteiger partial charge in [-0.2, -0.15) is 5.10 Å². The summed E-state index contributed by atoms with van der Waals surface area (Å²) in [7, 11) is 1.61.